The molecule has 4 atom stereocenters. The van der Waals surface area contributed by atoms with Gasteiger partial charge in [-0.2, -0.15) is 8.78 Å². The highest BCUT2D eigenvalue weighted by molar-refractivity contribution is 7.14. The third-order valence-corrected chi connectivity index (χ3v) is 7.15. The Morgan fingerprint density at radius 1 is 1.27 bits per heavy atom. The molecule has 3 N–H and O–H groups in total. The Bertz CT molecular complexity index is 737. The Labute approximate surface area is 153 Å². The van der Waals surface area contributed by atoms with Crippen LogP contribution >= 0.6 is 11.3 Å². The Morgan fingerprint density at radius 3 is 2.81 bits per heavy atom. The molecule has 0 saturated heterocycles. The predicted molar refractivity (Wildman–Crippen MR) is 89.8 cm³/mol. The number of hydrogen-bond donors (Lipinski definition) is 3. The minimum absolute atomic E-state index is 0.0592. The van der Waals surface area contributed by atoms with Crippen molar-refractivity contribution in [2.45, 2.75) is 50.9 Å². The van der Waals surface area contributed by atoms with Gasteiger partial charge in [-0.25, -0.2) is 10.5 Å². The molecule has 0 aromatic carbocycles. The van der Waals surface area contributed by atoms with Crippen molar-refractivity contribution >= 4 is 28.3 Å². The quantitative estimate of drug-likeness (QED) is 0.548. The number of fused-ring (bicyclic) bond motifs is 2. The van der Waals surface area contributed by atoms with Crippen molar-refractivity contribution < 1.29 is 23.6 Å². The minimum Gasteiger partial charge on any atom is -0.301 e. The largest absolute Gasteiger partial charge is 0.369 e. The first kappa shape index (κ1) is 17.8. The molecule has 26 heavy (non-hydrogen) atoms. The molecule has 2 amide bonds. The van der Waals surface area contributed by atoms with Crippen LogP contribution in [0.15, 0.2) is 5.38 Å². The second-order valence-electron chi connectivity index (χ2n) is 7.95. The van der Waals surface area contributed by atoms with E-state index in [0.717, 1.165) is 41.5 Å². The van der Waals surface area contributed by atoms with Gasteiger partial charge in [-0.3, -0.25) is 14.8 Å². The number of aromatic nitrogens is 1. The smallest absolute Gasteiger partial charge is 0.301 e. The van der Waals surface area contributed by atoms with Crippen LogP contribution in [-0.2, 0) is 15.5 Å². The summed E-state index contributed by atoms with van der Waals surface area (Å²) in [6, 6.07) is 0. The lowest BCUT2D eigenvalue weighted by Crippen LogP contribution is -2.39. The van der Waals surface area contributed by atoms with Gasteiger partial charge in [0.25, 0.3) is 0 Å². The summed E-state index contributed by atoms with van der Waals surface area (Å²) in [6.45, 7) is 0. The van der Waals surface area contributed by atoms with Gasteiger partial charge in [-0.1, -0.05) is 19.3 Å². The zero-order chi connectivity index (χ0) is 18.5. The van der Waals surface area contributed by atoms with E-state index in [-0.39, 0.29) is 11.0 Å². The van der Waals surface area contributed by atoms with Gasteiger partial charge in [0.2, 0.25) is 5.91 Å². The second kappa shape index (κ2) is 6.23. The van der Waals surface area contributed by atoms with Crippen molar-refractivity contribution in [3.63, 3.8) is 0 Å². The molecule has 0 aliphatic heterocycles. The number of nitrogens with one attached hydrogen (secondary N) is 2. The topological polar surface area (TPSA) is 91.3 Å². The van der Waals surface area contributed by atoms with E-state index in [1.165, 1.54) is 25.7 Å². The van der Waals surface area contributed by atoms with Crippen molar-refractivity contribution in [3.8, 4) is 0 Å². The standard InChI is InChI=1S/C17H21F2N3O3S/c18-17(19,14(24)22-25)12-8-26-15(20-12)21-13(23)16-5-9-2-1-3-10(6-16)11(4-9)7-16/h8-11,25H,1-7H2,(H,22,24)(H,20,21,23). The highest BCUT2D eigenvalue weighted by atomic mass is 32.1. The number of alkyl halides is 2. The molecular weight excluding hydrogens is 364 g/mol. The third-order valence-electron chi connectivity index (χ3n) is 6.39. The first-order valence-corrected chi connectivity index (χ1v) is 9.82. The van der Waals surface area contributed by atoms with Crippen LogP contribution in [0.5, 0.6) is 0 Å². The van der Waals surface area contributed by atoms with Crippen molar-refractivity contribution in [2.24, 2.45) is 23.2 Å². The lowest BCUT2D eigenvalue weighted by atomic mass is 9.69. The molecule has 142 valence electrons. The normalized spacial score (nSPS) is 33.0. The first-order chi connectivity index (χ1) is 12.3. The first-order valence-electron chi connectivity index (χ1n) is 8.94. The number of carbonyl (C=O) groups excluding carboxylic acids is 2. The Hall–Kier alpha value is -1.61. The van der Waals surface area contributed by atoms with E-state index >= 15 is 0 Å². The van der Waals surface area contributed by atoms with Crippen LogP contribution in [0.4, 0.5) is 13.9 Å². The maximum Gasteiger partial charge on any atom is 0.369 e. The number of anilines is 1. The van der Waals surface area contributed by atoms with Crippen molar-refractivity contribution in [3.05, 3.63) is 11.1 Å². The van der Waals surface area contributed by atoms with Gasteiger partial charge >= 0.3 is 11.8 Å². The van der Waals surface area contributed by atoms with Crippen molar-refractivity contribution in [1.29, 1.82) is 0 Å². The molecule has 0 spiro atoms. The average Bonchev–Trinajstić information content (AvgIpc) is 3.13. The summed E-state index contributed by atoms with van der Waals surface area (Å²) in [4.78, 5) is 27.8. The van der Waals surface area contributed by atoms with Gasteiger partial charge in [0.05, 0.1) is 5.41 Å². The molecule has 1 aromatic heterocycles. The van der Waals surface area contributed by atoms with Crippen LogP contribution < -0.4 is 10.8 Å². The van der Waals surface area contributed by atoms with E-state index in [1.807, 2.05) is 0 Å². The van der Waals surface area contributed by atoms with Gasteiger partial charge in [-0.05, 0) is 43.4 Å². The highest BCUT2D eigenvalue weighted by Gasteiger charge is 2.55. The van der Waals surface area contributed by atoms with Crippen LogP contribution in [0.1, 0.15) is 50.6 Å². The monoisotopic (exact) mass is 385 g/mol. The fourth-order valence-corrected chi connectivity index (χ4v) is 6.05. The number of amides is 2. The fraction of sp³-hybridized carbons (Fsp3) is 0.706. The Kier molecular flexibility index (Phi) is 4.26. The Morgan fingerprint density at radius 2 is 2.04 bits per heavy atom. The molecule has 3 fully saturated rings. The molecule has 1 aromatic rings. The van der Waals surface area contributed by atoms with E-state index < -0.39 is 22.9 Å². The van der Waals surface area contributed by atoms with Crippen LogP contribution in [0.3, 0.4) is 0 Å². The Balaban J connectivity index is 1.50. The molecule has 1 heterocycles. The summed E-state index contributed by atoms with van der Waals surface area (Å²) >= 11 is 0.856. The second-order valence-corrected chi connectivity index (χ2v) is 8.81. The number of halogens is 2. The van der Waals surface area contributed by atoms with E-state index in [2.05, 4.69) is 10.3 Å². The molecule has 3 bridgehead atoms. The van der Waals surface area contributed by atoms with Crippen LogP contribution in [-0.4, -0.2) is 22.0 Å². The lowest BCUT2D eigenvalue weighted by molar-refractivity contribution is -0.156. The van der Waals surface area contributed by atoms with E-state index in [4.69, 9.17) is 5.21 Å². The average molecular weight is 385 g/mol. The van der Waals surface area contributed by atoms with Crippen LogP contribution in [0, 0.1) is 23.2 Å². The summed E-state index contributed by atoms with van der Waals surface area (Å²) in [6.07, 6.45) is 7.42. The van der Waals surface area contributed by atoms with Crippen LogP contribution in [0.25, 0.3) is 0 Å². The number of nitrogens with zero attached hydrogens (tertiary/aromatic N) is 1. The summed E-state index contributed by atoms with van der Waals surface area (Å²) in [5.41, 5.74) is -0.256. The number of thiazole rings is 1. The van der Waals surface area contributed by atoms with Gasteiger partial charge in [0.15, 0.2) is 5.13 Å². The summed E-state index contributed by atoms with van der Waals surface area (Å²) in [5, 5.41) is 12.2. The van der Waals surface area contributed by atoms with Gasteiger partial charge in [-0.15, -0.1) is 11.3 Å². The maximum atomic E-state index is 13.8. The van der Waals surface area contributed by atoms with E-state index in [0.29, 0.717) is 17.8 Å². The summed E-state index contributed by atoms with van der Waals surface area (Å²) in [7, 11) is 0. The molecule has 3 saturated carbocycles. The van der Waals surface area contributed by atoms with Gasteiger partial charge in [0, 0.05) is 5.38 Å². The number of hydroxylamine groups is 1. The van der Waals surface area contributed by atoms with Gasteiger partial charge in [0.1, 0.15) is 5.69 Å². The molecule has 4 rings (SSSR count). The molecule has 0 radical (unpaired) electrons. The molecule has 3 aliphatic rings. The zero-order valence-corrected chi connectivity index (χ0v) is 15.0. The van der Waals surface area contributed by atoms with Gasteiger partial charge < -0.3 is 5.32 Å². The SMILES string of the molecule is O=C(Nc1nc(C(F)(F)C(=O)NO)cs1)C12CC3CCCC(C1)C(C3)C2. The summed E-state index contributed by atoms with van der Waals surface area (Å²) in [5.74, 6) is -4.15. The third kappa shape index (κ3) is 2.81. The minimum atomic E-state index is -3.95. The van der Waals surface area contributed by atoms with Crippen molar-refractivity contribution in [1.82, 2.24) is 10.5 Å². The van der Waals surface area contributed by atoms with Crippen LogP contribution in [0.2, 0.25) is 0 Å². The maximum absolute atomic E-state index is 13.8. The van der Waals surface area contributed by atoms with E-state index in [9.17, 15) is 18.4 Å². The van der Waals surface area contributed by atoms with Crippen molar-refractivity contribution in [2.75, 3.05) is 5.32 Å². The fourth-order valence-electron chi connectivity index (χ4n) is 5.32. The lowest BCUT2D eigenvalue weighted by Gasteiger charge is -2.36. The molecule has 4 unspecified atom stereocenters. The zero-order valence-electron chi connectivity index (χ0n) is 14.1. The predicted octanol–water partition coefficient (Wildman–Crippen LogP) is 3.29. The number of carbonyl (C=O) groups is 2. The number of rotatable bonds is 4. The number of hydrogen-bond acceptors (Lipinski definition) is 5. The molecule has 9 heteroatoms. The highest BCUT2D eigenvalue weighted by Crippen LogP contribution is 2.60. The van der Waals surface area contributed by atoms with E-state index in [1.54, 1.807) is 0 Å². The summed E-state index contributed by atoms with van der Waals surface area (Å²) < 4.78 is 27.6. The molecule has 6 nitrogen and oxygen atoms in total. The molecule has 3 aliphatic carbocycles. The molecular formula is C17H21F2N3O3S.